The Labute approximate surface area is 421 Å². The van der Waals surface area contributed by atoms with Crippen LogP contribution >= 0.6 is 22.7 Å². The maximum absolute atomic E-state index is 14.2. The van der Waals surface area contributed by atoms with Crippen LogP contribution in [0.4, 0.5) is 10.9 Å². The number of unbranched alkanes of at least 4 members (excludes halogenated alkanes) is 1. The van der Waals surface area contributed by atoms with Gasteiger partial charge in [0.2, 0.25) is 29.5 Å². The molecule has 2 fully saturated rings. The maximum atomic E-state index is 14.2. The molecule has 374 valence electrons. The molecule has 0 radical (unpaired) electrons. The van der Waals surface area contributed by atoms with E-state index in [2.05, 4.69) is 60.5 Å². The first-order chi connectivity index (χ1) is 34.2. The van der Waals surface area contributed by atoms with Gasteiger partial charge in [0.15, 0.2) is 0 Å². The molecule has 21 heteroatoms. The van der Waals surface area contributed by atoms with E-state index in [0.29, 0.717) is 46.4 Å². The summed E-state index contributed by atoms with van der Waals surface area (Å²) in [5.41, 5.74) is 12.4. The number of nitrogen functional groups attached to an aromatic ring is 1. The predicted molar refractivity (Wildman–Crippen MR) is 270 cm³/mol. The topological polar surface area (TPSA) is 243 Å². The van der Waals surface area contributed by atoms with E-state index in [0.717, 1.165) is 96.8 Å². The van der Waals surface area contributed by atoms with Gasteiger partial charge in [-0.1, -0.05) is 53.6 Å². The minimum Gasteiger partial charge on any atom is -0.475 e. The number of ether oxygens (including phenoxy) is 1. The summed E-state index contributed by atoms with van der Waals surface area (Å²) in [6.07, 6.45) is 7.91. The standard InChI is InChI=1S/C50H62N14O5S2/c1-29(2)42(47(67)63-26-35(65)23-38(63)46(66)55-31(4)33-12-14-34(15-13-33)43-32(5)54-28-70-43)64-27-40(58-60-64)68-22-8-7-19-61-20-10-21-62(30(3)25-61)49-53-18-16-37(56-49)45-57-48(69-59-45)50(6)17-9-11-39-41(50)36(24-51)44(52)71-39/h12-16,18,27-31,35,38,42,65H,7-11,17,19-23,25-26,52H2,1-6H3,(H,55,66)/t30-,31-,35+,38-,42?,50-/m0/s1. The lowest BCUT2D eigenvalue weighted by atomic mass is 9.72. The molecule has 0 saturated carbocycles. The summed E-state index contributed by atoms with van der Waals surface area (Å²) >= 11 is 3.06. The molecule has 2 amide bonds. The van der Waals surface area contributed by atoms with Crippen LogP contribution in [-0.4, -0.2) is 124 Å². The van der Waals surface area contributed by atoms with Gasteiger partial charge in [0.1, 0.15) is 28.8 Å². The number of likely N-dealkylation sites (tertiary alicyclic amines) is 1. The van der Waals surface area contributed by atoms with Crippen molar-refractivity contribution >= 4 is 45.4 Å². The number of hydrogen-bond donors (Lipinski definition) is 3. The number of fused-ring (bicyclic) bond motifs is 1. The number of rotatable bonds is 16. The van der Waals surface area contributed by atoms with Crippen LogP contribution in [0.15, 0.2) is 52.8 Å². The number of thiophene rings is 1. The maximum Gasteiger partial charge on any atom is 0.253 e. The highest BCUT2D eigenvalue weighted by atomic mass is 32.1. The summed E-state index contributed by atoms with van der Waals surface area (Å²) in [5.74, 6) is 0.958. The third-order valence-corrected chi connectivity index (χ3v) is 16.2. The molecule has 7 heterocycles. The predicted octanol–water partition coefficient (Wildman–Crippen LogP) is 6.50. The Hall–Kier alpha value is -6.34. The Kier molecular flexibility index (Phi) is 14.8. The van der Waals surface area contributed by atoms with Crippen molar-refractivity contribution in [3.05, 3.63) is 81.4 Å². The number of β-amino-alcohol motifs (C(OH)–C–C–N with tert-alkyl or cyclic N) is 1. The summed E-state index contributed by atoms with van der Waals surface area (Å²) in [6.45, 7) is 15.9. The number of amides is 2. The summed E-state index contributed by atoms with van der Waals surface area (Å²) in [5, 5.41) is 37.2. The lowest BCUT2D eigenvalue weighted by Gasteiger charge is -2.30. The van der Waals surface area contributed by atoms with Gasteiger partial charge in [-0.05, 0) is 102 Å². The van der Waals surface area contributed by atoms with Crippen LogP contribution in [-0.2, 0) is 21.4 Å². The van der Waals surface area contributed by atoms with Gasteiger partial charge in [0, 0.05) is 48.7 Å². The van der Waals surface area contributed by atoms with E-state index in [1.807, 2.05) is 57.5 Å². The Bertz CT molecular complexity index is 2870. The highest BCUT2D eigenvalue weighted by molar-refractivity contribution is 7.16. The number of nitrogens with one attached hydrogen (secondary N) is 1. The fourth-order valence-electron chi connectivity index (χ4n) is 10.4. The zero-order valence-electron chi connectivity index (χ0n) is 41.1. The molecular weight excluding hydrogens is 941 g/mol. The molecule has 6 aromatic rings. The molecule has 0 spiro atoms. The number of nitrogens with zero attached hydrogens (tertiary/aromatic N) is 12. The van der Waals surface area contributed by atoms with E-state index in [1.165, 1.54) is 20.9 Å². The average molecular weight is 1000 g/mol. The summed E-state index contributed by atoms with van der Waals surface area (Å²) in [4.78, 5) is 55.2. The second-order valence-corrected chi connectivity index (χ2v) is 21.6. The summed E-state index contributed by atoms with van der Waals surface area (Å²) in [6, 6.07) is 10.4. The number of anilines is 2. The minimum absolute atomic E-state index is 0.0489. The van der Waals surface area contributed by atoms with Gasteiger partial charge in [-0.2, -0.15) is 10.2 Å². The number of aromatic nitrogens is 8. The van der Waals surface area contributed by atoms with Crippen molar-refractivity contribution in [1.82, 2.24) is 55.2 Å². The molecule has 1 aromatic carbocycles. The first-order valence-corrected chi connectivity index (χ1v) is 26.2. The molecule has 6 atom stereocenters. The molecule has 2 aliphatic heterocycles. The molecule has 1 unspecified atom stereocenters. The number of carbonyl (C=O) groups excluding carboxylic acids is 2. The van der Waals surface area contributed by atoms with E-state index in [-0.39, 0.29) is 42.8 Å². The second kappa shape index (κ2) is 21.2. The van der Waals surface area contributed by atoms with Gasteiger partial charge < -0.3 is 40.1 Å². The van der Waals surface area contributed by atoms with Crippen LogP contribution in [0.25, 0.3) is 22.0 Å². The number of hydrogen-bond acceptors (Lipinski definition) is 18. The smallest absolute Gasteiger partial charge is 0.253 e. The number of aliphatic hydroxyl groups excluding tert-OH is 1. The molecule has 71 heavy (non-hydrogen) atoms. The van der Waals surface area contributed by atoms with Gasteiger partial charge in [0.25, 0.3) is 5.88 Å². The molecule has 19 nitrogen and oxygen atoms in total. The SMILES string of the molecule is Cc1ncsc1-c1ccc([C@H](C)NC(=O)[C@@H]2C[C@@H](O)CN2C(=O)C(C(C)C)n2cc(OCCCCN3CCCN(c4nccc(-c5noc([C@@]6(C)CCCc7sc(N)c(C#N)c76)n5)n4)[C@@H](C)C3)nn2)cc1. The average Bonchev–Trinajstić information content (AvgIpc) is 4.21. The van der Waals surface area contributed by atoms with Crippen molar-refractivity contribution in [2.24, 2.45) is 5.92 Å². The first kappa shape index (κ1) is 49.6. The van der Waals surface area contributed by atoms with Crippen LogP contribution in [0.5, 0.6) is 5.88 Å². The second-order valence-electron chi connectivity index (χ2n) is 19.6. The van der Waals surface area contributed by atoms with Crippen LogP contribution in [0.1, 0.15) is 118 Å². The molecule has 1 aliphatic carbocycles. The molecule has 9 rings (SSSR count). The van der Waals surface area contributed by atoms with E-state index < -0.39 is 23.6 Å². The minimum atomic E-state index is -0.833. The molecule has 3 aliphatic rings. The van der Waals surface area contributed by atoms with Crippen LogP contribution in [0.3, 0.4) is 0 Å². The fourth-order valence-corrected chi connectivity index (χ4v) is 12.4. The zero-order valence-corrected chi connectivity index (χ0v) is 42.7. The number of thiazole rings is 1. The molecular formula is C50H62N14O5S2. The Balaban J connectivity index is 0.749. The van der Waals surface area contributed by atoms with Gasteiger partial charge >= 0.3 is 0 Å². The van der Waals surface area contributed by atoms with Crippen molar-refractivity contribution in [2.45, 2.75) is 122 Å². The first-order valence-electron chi connectivity index (χ1n) is 24.5. The number of benzene rings is 1. The van der Waals surface area contributed by atoms with Crippen molar-refractivity contribution in [3.8, 4) is 33.9 Å². The Morgan fingerprint density at radius 1 is 1.10 bits per heavy atom. The van der Waals surface area contributed by atoms with Crippen LogP contribution < -0.4 is 20.7 Å². The molecule has 0 bridgehead atoms. The fraction of sp³-hybridized carbons (Fsp3) is 0.520. The molecule has 5 aromatic heterocycles. The van der Waals surface area contributed by atoms with Gasteiger partial charge in [0.05, 0.1) is 52.0 Å². The van der Waals surface area contributed by atoms with E-state index in [1.54, 1.807) is 29.8 Å². The monoisotopic (exact) mass is 1000 g/mol. The van der Waals surface area contributed by atoms with Crippen molar-refractivity contribution < 1.29 is 24.0 Å². The highest BCUT2D eigenvalue weighted by Crippen LogP contribution is 2.48. The zero-order chi connectivity index (χ0) is 50.0. The van der Waals surface area contributed by atoms with E-state index in [9.17, 15) is 20.0 Å². The van der Waals surface area contributed by atoms with E-state index in [4.69, 9.17) is 25.0 Å². The van der Waals surface area contributed by atoms with Gasteiger partial charge in [-0.25, -0.2) is 19.6 Å². The third-order valence-electron chi connectivity index (χ3n) is 14.1. The van der Waals surface area contributed by atoms with Crippen LogP contribution in [0.2, 0.25) is 0 Å². The Morgan fingerprint density at radius 2 is 1.92 bits per heavy atom. The number of aliphatic hydroxyl groups is 1. The van der Waals surface area contributed by atoms with Crippen molar-refractivity contribution in [1.29, 1.82) is 5.26 Å². The van der Waals surface area contributed by atoms with E-state index >= 15 is 0 Å². The lowest BCUT2D eigenvalue weighted by Crippen LogP contribution is -2.49. The third kappa shape index (κ3) is 10.4. The highest BCUT2D eigenvalue weighted by Gasteiger charge is 2.44. The van der Waals surface area contributed by atoms with Gasteiger partial charge in [-0.3, -0.25) is 9.59 Å². The number of carbonyl (C=O) groups is 2. The quantitative estimate of drug-likeness (QED) is 0.0876. The normalized spacial score (nSPS) is 21.4. The van der Waals surface area contributed by atoms with Crippen molar-refractivity contribution in [2.75, 3.05) is 50.0 Å². The summed E-state index contributed by atoms with van der Waals surface area (Å²) in [7, 11) is 0. The number of nitrogens with two attached hydrogens (primary N) is 1. The number of nitriles is 1. The summed E-state index contributed by atoms with van der Waals surface area (Å²) < 4.78 is 13.5. The van der Waals surface area contributed by atoms with Gasteiger partial charge in [-0.15, -0.1) is 22.7 Å². The Morgan fingerprint density at radius 3 is 2.68 bits per heavy atom. The molecule has 4 N–H and O–H groups in total. The lowest BCUT2D eigenvalue weighted by molar-refractivity contribution is -0.142. The number of aryl methyl sites for hydroxylation is 2. The molecule has 2 saturated heterocycles. The van der Waals surface area contributed by atoms with Crippen molar-refractivity contribution in [3.63, 3.8) is 0 Å². The largest absolute Gasteiger partial charge is 0.475 e. The van der Waals surface area contributed by atoms with Crippen LogP contribution in [0, 0.1) is 24.2 Å².